The van der Waals surface area contributed by atoms with Crippen molar-refractivity contribution in [2.45, 2.75) is 70.6 Å². The van der Waals surface area contributed by atoms with E-state index >= 15 is 0 Å². The second-order valence-electron chi connectivity index (χ2n) is 7.11. The molecule has 1 atom stereocenters. The van der Waals surface area contributed by atoms with Crippen LogP contribution < -0.4 is 11.1 Å². The third-order valence-electron chi connectivity index (χ3n) is 4.92. The first-order chi connectivity index (χ1) is 11.0. The lowest BCUT2D eigenvalue weighted by atomic mass is 10.1. The number of ether oxygens (including phenoxy) is 1. The number of halogens is 1. The Morgan fingerprint density at radius 1 is 1.12 bits per heavy atom. The van der Waals surface area contributed by atoms with Crippen LogP contribution in [0.5, 0.6) is 0 Å². The van der Waals surface area contributed by atoms with Gasteiger partial charge in [0.15, 0.2) is 0 Å². The maximum atomic E-state index is 12.2. The minimum atomic E-state index is -0.562. The summed E-state index contributed by atoms with van der Waals surface area (Å²) in [5.41, 5.74) is 5.77. The van der Waals surface area contributed by atoms with E-state index in [1.165, 1.54) is 25.7 Å². The summed E-state index contributed by atoms with van der Waals surface area (Å²) in [5, 5.41) is 2.64. The van der Waals surface area contributed by atoms with Gasteiger partial charge in [-0.05, 0) is 31.6 Å². The Balaban J connectivity index is 0.00000288. The van der Waals surface area contributed by atoms with Crippen LogP contribution in [0.4, 0.5) is 0 Å². The van der Waals surface area contributed by atoms with E-state index in [1.807, 2.05) is 18.7 Å². The number of nitrogens with two attached hydrogens (primary N) is 1. The maximum absolute atomic E-state index is 12.2. The van der Waals surface area contributed by atoms with Crippen molar-refractivity contribution in [3.63, 3.8) is 0 Å². The number of rotatable bonds is 6. The molecule has 6 nitrogen and oxygen atoms in total. The van der Waals surface area contributed by atoms with Gasteiger partial charge in [0.2, 0.25) is 11.8 Å². The molecule has 3 N–H and O–H groups in total. The third-order valence-corrected chi connectivity index (χ3v) is 4.92. The zero-order chi connectivity index (χ0) is 16.8. The fraction of sp³-hybridized carbons (Fsp3) is 0.882. The molecule has 1 aliphatic carbocycles. The van der Waals surface area contributed by atoms with Gasteiger partial charge in [0, 0.05) is 13.1 Å². The van der Waals surface area contributed by atoms with Gasteiger partial charge in [-0.25, -0.2) is 0 Å². The van der Waals surface area contributed by atoms with Gasteiger partial charge < -0.3 is 20.7 Å². The second-order valence-corrected chi connectivity index (χ2v) is 7.11. The highest BCUT2D eigenvalue weighted by molar-refractivity contribution is 5.87. The van der Waals surface area contributed by atoms with E-state index in [2.05, 4.69) is 5.32 Å². The summed E-state index contributed by atoms with van der Waals surface area (Å²) in [4.78, 5) is 25.8. The summed E-state index contributed by atoms with van der Waals surface area (Å²) in [6.07, 6.45) is 7.41. The zero-order valence-corrected chi connectivity index (χ0v) is 15.6. The van der Waals surface area contributed by atoms with Crippen molar-refractivity contribution in [3.05, 3.63) is 0 Å². The van der Waals surface area contributed by atoms with Gasteiger partial charge in [-0.2, -0.15) is 0 Å². The van der Waals surface area contributed by atoms with Gasteiger partial charge in [0.1, 0.15) is 0 Å². The molecular formula is C17H32ClN3O3. The molecule has 140 valence electrons. The molecule has 0 aromatic rings. The van der Waals surface area contributed by atoms with Crippen molar-refractivity contribution in [2.75, 3.05) is 19.6 Å². The van der Waals surface area contributed by atoms with Crippen molar-refractivity contribution in [2.24, 2.45) is 11.7 Å². The highest BCUT2D eigenvalue weighted by Crippen LogP contribution is 2.25. The first-order valence-corrected chi connectivity index (χ1v) is 8.94. The normalized spacial score (nSPS) is 20.8. The van der Waals surface area contributed by atoms with E-state index in [1.54, 1.807) is 0 Å². The fourth-order valence-electron chi connectivity index (χ4n) is 3.23. The number of hydrogen-bond donors (Lipinski definition) is 2. The number of carbonyl (C=O) groups is 2. The summed E-state index contributed by atoms with van der Waals surface area (Å²) in [7, 11) is 0. The minimum Gasteiger partial charge on any atom is -0.375 e. The molecule has 1 heterocycles. The van der Waals surface area contributed by atoms with Crippen LogP contribution in [0.1, 0.15) is 52.4 Å². The summed E-state index contributed by atoms with van der Waals surface area (Å²) in [6, 6.07) is -0.562. The van der Waals surface area contributed by atoms with Crippen LogP contribution in [0.2, 0.25) is 0 Å². The van der Waals surface area contributed by atoms with E-state index in [-0.39, 0.29) is 42.8 Å². The standard InChI is InChI=1S/C17H31N3O3.ClH/c1-12(2)16(18)17(22)19-11-15(21)20-9-7-14(8-10-20)23-13-5-3-4-6-13;/h12-14,16H,3-11,18H2,1-2H3,(H,19,22);1H/t16-;/m0./s1. The van der Waals surface area contributed by atoms with Gasteiger partial charge in [-0.15, -0.1) is 12.4 Å². The van der Waals surface area contributed by atoms with Crippen molar-refractivity contribution in [1.82, 2.24) is 10.2 Å². The molecule has 1 saturated carbocycles. The van der Waals surface area contributed by atoms with Crippen LogP contribution in [0, 0.1) is 5.92 Å². The molecule has 2 amide bonds. The monoisotopic (exact) mass is 361 g/mol. The molecule has 1 saturated heterocycles. The number of likely N-dealkylation sites (tertiary alicyclic amines) is 1. The molecule has 0 radical (unpaired) electrons. The van der Waals surface area contributed by atoms with Crippen molar-refractivity contribution in [1.29, 1.82) is 0 Å². The Morgan fingerprint density at radius 2 is 1.67 bits per heavy atom. The Kier molecular flexibility index (Phi) is 9.02. The quantitative estimate of drug-likeness (QED) is 0.750. The molecule has 1 aliphatic heterocycles. The first kappa shape index (κ1) is 21.2. The van der Waals surface area contributed by atoms with Crippen LogP contribution in [0.15, 0.2) is 0 Å². The van der Waals surface area contributed by atoms with Gasteiger partial charge in [-0.1, -0.05) is 26.7 Å². The van der Waals surface area contributed by atoms with E-state index in [0.717, 1.165) is 12.8 Å². The average molecular weight is 362 g/mol. The Morgan fingerprint density at radius 3 is 2.21 bits per heavy atom. The summed E-state index contributed by atoms with van der Waals surface area (Å²) in [5.74, 6) is -0.227. The summed E-state index contributed by atoms with van der Waals surface area (Å²) >= 11 is 0. The van der Waals surface area contributed by atoms with E-state index in [9.17, 15) is 9.59 Å². The predicted molar refractivity (Wildman–Crippen MR) is 96.0 cm³/mol. The molecule has 0 spiro atoms. The molecule has 24 heavy (non-hydrogen) atoms. The van der Waals surface area contributed by atoms with Crippen LogP contribution in [-0.2, 0) is 14.3 Å². The van der Waals surface area contributed by atoms with Crippen LogP contribution >= 0.6 is 12.4 Å². The highest BCUT2D eigenvalue weighted by atomic mass is 35.5. The molecule has 2 rings (SSSR count). The SMILES string of the molecule is CC(C)[C@H](N)C(=O)NCC(=O)N1CCC(OC2CCCC2)CC1.Cl. The number of amides is 2. The fourth-order valence-corrected chi connectivity index (χ4v) is 3.23. The predicted octanol–water partition coefficient (Wildman–Crippen LogP) is 1.46. The third kappa shape index (κ3) is 6.22. The van der Waals surface area contributed by atoms with Gasteiger partial charge in [-0.3, -0.25) is 9.59 Å². The summed E-state index contributed by atoms with van der Waals surface area (Å²) < 4.78 is 6.11. The number of carbonyl (C=O) groups excluding carboxylic acids is 2. The number of nitrogens with zero attached hydrogens (tertiary/aromatic N) is 1. The Hall–Kier alpha value is -0.850. The van der Waals surface area contributed by atoms with Gasteiger partial charge >= 0.3 is 0 Å². The highest BCUT2D eigenvalue weighted by Gasteiger charge is 2.27. The van der Waals surface area contributed by atoms with E-state index in [0.29, 0.717) is 19.2 Å². The molecular weight excluding hydrogens is 330 g/mol. The Bertz CT molecular complexity index is 406. The molecule has 2 fully saturated rings. The summed E-state index contributed by atoms with van der Waals surface area (Å²) in [6.45, 7) is 5.24. The number of hydrogen-bond acceptors (Lipinski definition) is 4. The largest absolute Gasteiger partial charge is 0.375 e. The van der Waals surface area contributed by atoms with E-state index < -0.39 is 6.04 Å². The van der Waals surface area contributed by atoms with Gasteiger partial charge in [0.25, 0.3) is 0 Å². The lowest BCUT2D eigenvalue weighted by Crippen LogP contribution is -2.49. The lowest BCUT2D eigenvalue weighted by Gasteiger charge is -2.33. The molecule has 0 aromatic heterocycles. The number of piperidine rings is 1. The number of nitrogens with one attached hydrogen (secondary N) is 1. The molecule has 0 bridgehead atoms. The van der Waals surface area contributed by atoms with Crippen LogP contribution in [0.3, 0.4) is 0 Å². The first-order valence-electron chi connectivity index (χ1n) is 8.94. The topological polar surface area (TPSA) is 84.7 Å². The molecule has 7 heteroatoms. The minimum absolute atomic E-state index is 0. The average Bonchev–Trinajstić information content (AvgIpc) is 3.05. The smallest absolute Gasteiger partial charge is 0.241 e. The van der Waals surface area contributed by atoms with E-state index in [4.69, 9.17) is 10.5 Å². The van der Waals surface area contributed by atoms with Crippen molar-refractivity contribution < 1.29 is 14.3 Å². The molecule has 2 aliphatic rings. The Labute approximate surface area is 151 Å². The second kappa shape index (κ2) is 10.2. The molecule has 0 aromatic carbocycles. The molecule has 0 unspecified atom stereocenters. The maximum Gasteiger partial charge on any atom is 0.241 e. The van der Waals surface area contributed by atoms with Gasteiger partial charge in [0.05, 0.1) is 24.8 Å². The van der Waals surface area contributed by atoms with Crippen LogP contribution in [0.25, 0.3) is 0 Å². The lowest BCUT2D eigenvalue weighted by molar-refractivity contribution is -0.136. The zero-order valence-electron chi connectivity index (χ0n) is 14.8. The van der Waals surface area contributed by atoms with Crippen molar-refractivity contribution in [3.8, 4) is 0 Å². The van der Waals surface area contributed by atoms with Crippen molar-refractivity contribution >= 4 is 24.2 Å². The van der Waals surface area contributed by atoms with Crippen LogP contribution in [-0.4, -0.2) is 54.6 Å².